The van der Waals surface area contributed by atoms with Crippen molar-refractivity contribution in [1.29, 1.82) is 0 Å². The fraction of sp³-hybridized carbons (Fsp3) is 0.409. The van der Waals surface area contributed by atoms with Crippen molar-refractivity contribution in [3.8, 4) is 11.3 Å². The summed E-state index contributed by atoms with van der Waals surface area (Å²) >= 11 is 0. The number of carbonyl (C=O) groups is 2. The SMILES string of the molecule is CCN(C)C(=O)C1CCC(NC(=O)c2ccc(-c3cccc(F)c3)nc2)CC1. The molecule has 1 aliphatic rings. The smallest absolute Gasteiger partial charge is 0.253 e. The molecule has 3 rings (SSSR count). The van der Waals surface area contributed by atoms with Crippen LogP contribution in [0, 0.1) is 11.7 Å². The van der Waals surface area contributed by atoms with Gasteiger partial charge in [0, 0.05) is 37.3 Å². The van der Waals surface area contributed by atoms with Crippen LogP contribution >= 0.6 is 0 Å². The molecule has 1 aromatic carbocycles. The molecule has 5 nitrogen and oxygen atoms in total. The van der Waals surface area contributed by atoms with Crippen molar-refractivity contribution in [3.05, 3.63) is 54.0 Å². The second kappa shape index (κ2) is 8.95. The van der Waals surface area contributed by atoms with Crippen molar-refractivity contribution in [1.82, 2.24) is 15.2 Å². The maximum absolute atomic E-state index is 13.3. The van der Waals surface area contributed by atoms with Crippen LogP contribution < -0.4 is 5.32 Å². The zero-order valence-electron chi connectivity index (χ0n) is 16.3. The molecule has 6 heteroatoms. The third-order valence-electron chi connectivity index (χ3n) is 5.41. The standard InChI is InChI=1S/C22H26FN3O2/c1-3-26(2)22(28)15-7-10-19(11-8-15)25-21(27)17-9-12-20(24-14-17)16-5-4-6-18(23)13-16/h4-6,9,12-15,19H,3,7-8,10-11H2,1-2H3,(H,25,27). The quantitative estimate of drug-likeness (QED) is 0.857. The zero-order valence-corrected chi connectivity index (χ0v) is 16.3. The number of pyridine rings is 1. The third kappa shape index (κ3) is 4.74. The molecule has 0 spiro atoms. The monoisotopic (exact) mass is 383 g/mol. The van der Waals surface area contributed by atoms with Gasteiger partial charge in [-0.3, -0.25) is 14.6 Å². The molecule has 28 heavy (non-hydrogen) atoms. The van der Waals surface area contributed by atoms with E-state index in [1.165, 1.54) is 18.3 Å². The Kier molecular flexibility index (Phi) is 6.39. The summed E-state index contributed by atoms with van der Waals surface area (Å²) in [4.78, 5) is 30.8. The maximum atomic E-state index is 13.3. The lowest BCUT2D eigenvalue weighted by atomic mass is 9.85. The van der Waals surface area contributed by atoms with Gasteiger partial charge >= 0.3 is 0 Å². The van der Waals surface area contributed by atoms with Gasteiger partial charge in [0.1, 0.15) is 5.82 Å². The van der Waals surface area contributed by atoms with Gasteiger partial charge in [0.15, 0.2) is 0 Å². The van der Waals surface area contributed by atoms with Crippen molar-refractivity contribution in [2.45, 2.75) is 38.6 Å². The average molecular weight is 383 g/mol. The van der Waals surface area contributed by atoms with Crippen molar-refractivity contribution in [2.24, 2.45) is 5.92 Å². The van der Waals surface area contributed by atoms with E-state index in [4.69, 9.17) is 0 Å². The predicted octanol–water partition coefficient (Wildman–Crippen LogP) is 3.65. The highest BCUT2D eigenvalue weighted by Gasteiger charge is 2.28. The van der Waals surface area contributed by atoms with E-state index < -0.39 is 0 Å². The Labute approximate surface area is 165 Å². The molecule has 0 radical (unpaired) electrons. The second-order valence-electron chi connectivity index (χ2n) is 7.32. The highest BCUT2D eigenvalue weighted by molar-refractivity contribution is 5.94. The molecular formula is C22H26FN3O2. The van der Waals surface area contributed by atoms with Gasteiger partial charge in [-0.25, -0.2) is 4.39 Å². The first kappa shape index (κ1) is 20.0. The molecule has 2 aromatic rings. The topological polar surface area (TPSA) is 62.3 Å². The first-order valence-electron chi connectivity index (χ1n) is 9.75. The van der Waals surface area contributed by atoms with Crippen LogP contribution in [0.25, 0.3) is 11.3 Å². The minimum Gasteiger partial charge on any atom is -0.349 e. The summed E-state index contributed by atoms with van der Waals surface area (Å²) in [7, 11) is 1.83. The van der Waals surface area contributed by atoms with Gasteiger partial charge in [-0.15, -0.1) is 0 Å². The Hall–Kier alpha value is -2.76. The highest BCUT2D eigenvalue weighted by atomic mass is 19.1. The molecule has 0 unspecified atom stereocenters. The van der Waals surface area contributed by atoms with Crippen LogP contribution in [-0.4, -0.2) is 41.3 Å². The number of benzene rings is 1. The van der Waals surface area contributed by atoms with Crippen LogP contribution in [0.3, 0.4) is 0 Å². The van der Waals surface area contributed by atoms with Crippen LogP contribution in [0.15, 0.2) is 42.6 Å². The van der Waals surface area contributed by atoms with E-state index in [2.05, 4.69) is 10.3 Å². The van der Waals surface area contributed by atoms with Crippen molar-refractivity contribution >= 4 is 11.8 Å². The van der Waals surface area contributed by atoms with Gasteiger partial charge in [0.25, 0.3) is 5.91 Å². The summed E-state index contributed by atoms with van der Waals surface area (Å²) in [6.07, 6.45) is 4.71. The predicted molar refractivity (Wildman–Crippen MR) is 106 cm³/mol. The number of amides is 2. The molecule has 148 valence electrons. The minimum absolute atomic E-state index is 0.0605. The minimum atomic E-state index is -0.319. The Morgan fingerprint density at radius 1 is 1.18 bits per heavy atom. The number of halogens is 1. The highest BCUT2D eigenvalue weighted by Crippen LogP contribution is 2.26. The molecule has 1 saturated carbocycles. The third-order valence-corrected chi connectivity index (χ3v) is 5.41. The van der Waals surface area contributed by atoms with Crippen molar-refractivity contribution in [3.63, 3.8) is 0 Å². The number of hydrogen-bond acceptors (Lipinski definition) is 3. The molecule has 2 amide bonds. The summed E-state index contributed by atoms with van der Waals surface area (Å²) in [5.41, 5.74) is 1.77. The van der Waals surface area contributed by atoms with E-state index in [1.54, 1.807) is 29.2 Å². The van der Waals surface area contributed by atoms with Crippen LogP contribution in [0.1, 0.15) is 43.0 Å². The number of nitrogens with one attached hydrogen (secondary N) is 1. The number of aromatic nitrogens is 1. The molecule has 1 N–H and O–H groups in total. The summed E-state index contributed by atoms with van der Waals surface area (Å²) in [5, 5.41) is 3.04. The molecular weight excluding hydrogens is 357 g/mol. The number of carbonyl (C=O) groups excluding carboxylic acids is 2. The van der Waals surface area contributed by atoms with Crippen LogP contribution in [0.4, 0.5) is 4.39 Å². The Balaban J connectivity index is 1.55. The van der Waals surface area contributed by atoms with E-state index >= 15 is 0 Å². The fourth-order valence-corrected chi connectivity index (χ4v) is 3.57. The molecule has 1 fully saturated rings. The molecule has 0 bridgehead atoms. The maximum Gasteiger partial charge on any atom is 0.253 e. The second-order valence-corrected chi connectivity index (χ2v) is 7.32. The van der Waals surface area contributed by atoms with E-state index in [-0.39, 0.29) is 29.6 Å². The van der Waals surface area contributed by atoms with Gasteiger partial charge in [-0.1, -0.05) is 12.1 Å². The number of nitrogens with zero attached hydrogens (tertiary/aromatic N) is 2. The van der Waals surface area contributed by atoms with E-state index in [9.17, 15) is 14.0 Å². The average Bonchev–Trinajstić information content (AvgIpc) is 2.73. The van der Waals surface area contributed by atoms with Crippen LogP contribution in [0.5, 0.6) is 0 Å². The Morgan fingerprint density at radius 3 is 2.54 bits per heavy atom. The normalized spacial score (nSPS) is 19.1. The van der Waals surface area contributed by atoms with E-state index in [0.29, 0.717) is 23.4 Å². The van der Waals surface area contributed by atoms with E-state index in [1.807, 2.05) is 14.0 Å². The van der Waals surface area contributed by atoms with Crippen LogP contribution in [-0.2, 0) is 4.79 Å². The summed E-state index contributed by atoms with van der Waals surface area (Å²) < 4.78 is 13.3. The van der Waals surface area contributed by atoms with Gasteiger partial charge < -0.3 is 10.2 Å². The van der Waals surface area contributed by atoms with Gasteiger partial charge in [0.05, 0.1) is 11.3 Å². The lowest BCUT2D eigenvalue weighted by molar-refractivity contribution is -0.135. The number of rotatable bonds is 5. The Morgan fingerprint density at radius 2 is 1.93 bits per heavy atom. The number of hydrogen-bond donors (Lipinski definition) is 1. The zero-order chi connectivity index (χ0) is 20.1. The molecule has 0 atom stereocenters. The molecule has 1 aromatic heterocycles. The largest absolute Gasteiger partial charge is 0.349 e. The lowest BCUT2D eigenvalue weighted by Gasteiger charge is -2.30. The molecule has 1 heterocycles. The Bertz CT molecular complexity index is 830. The fourth-order valence-electron chi connectivity index (χ4n) is 3.57. The van der Waals surface area contributed by atoms with Crippen molar-refractivity contribution in [2.75, 3.05) is 13.6 Å². The molecule has 1 aliphatic carbocycles. The first-order chi connectivity index (χ1) is 13.5. The van der Waals surface area contributed by atoms with Crippen molar-refractivity contribution < 1.29 is 14.0 Å². The van der Waals surface area contributed by atoms with E-state index in [0.717, 1.165) is 25.7 Å². The molecule has 0 saturated heterocycles. The van der Waals surface area contributed by atoms with Gasteiger partial charge in [0.2, 0.25) is 5.91 Å². The van der Waals surface area contributed by atoms with Gasteiger partial charge in [-0.05, 0) is 56.9 Å². The lowest BCUT2D eigenvalue weighted by Crippen LogP contribution is -2.41. The first-order valence-corrected chi connectivity index (χ1v) is 9.75. The summed E-state index contributed by atoms with van der Waals surface area (Å²) in [6, 6.07) is 9.71. The molecule has 0 aliphatic heterocycles. The summed E-state index contributed by atoms with van der Waals surface area (Å²) in [6.45, 7) is 2.69. The van der Waals surface area contributed by atoms with Gasteiger partial charge in [-0.2, -0.15) is 0 Å². The van der Waals surface area contributed by atoms with Crippen LogP contribution in [0.2, 0.25) is 0 Å². The summed E-state index contributed by atoms with van der Waals surface area (Å²) in [5.74, 6) is -0.228.